The van der Waals surface area contributed by atoms with Gasteiger partial charge in [-0.05, 0) is 31.4 Å². The van der Waals surface area contributed by atoms with E-state index in [1.165, 1.54) is 57.5 Å². The van der Waals surface area contributed by atoms with Gasteiger partial charge in [-0.15, -0.1) is 0 Å². The van der Waals surface area contributed by atoms with Crippen molar-refractivity contribution in [3.05, 3.63) is 29.8 Å². The molecule has 3 rings (SSSR count). The zero-order chi connectivity index (χ0) is 18.4. The number of benzene rings is 1. The molecule has 0 saturated carbocycles. The van der Waals surface area contributed by atoms with Gasteiger partial charge in [0.05, 0.1) is 27.9 Å². The quantitative estimate of drug-likeness (QED) is 0.688. The molecule has 0 amide bonds. The Kier molecular flexibility index (Phi) is 6.80. The molecule has 5 nitrogen and oxygen atoms in total. The molecule has 1 fully saturated rings. The van der Waals surface area contributed by atoms with E-state index in [0.29, 0.717) is 5.75 Å². The Balaban J connectivity index is 1.55. The van der Waals surface area contributed by atoms with Gasteiger partial charge in [-0.2, -0.15) is 0 Å². The fourth-order valence-corrected chi connectivity index (χ4v) is 4.31. The maximum Gasteiger partial charge on any atom is 0.203 e. The largest absolute Gasteiger partial charge is 0.493 e. The standard InChI is InChI=1S/C21H32N2O3/c1-24-19-13-18(14-20(25-2)21(19)26-3)16-23-11-9-22(10-12-23)15-17-7-5-4-6-8-17/h4-5,13-14,17H,6-12,15-16H2,1-3H3/p+2/t17-/m0/s1. The van der Waals surface area contributed by atoms with Gasteiger partial charge in [0.25, 0.3) is 0 Å². The Morgan fingerprint density at radius 1 is 0.885 bits per heavy atom. The molecular weight excluding hydrogens is 328 g/mol. The number of hydrogen-bond donors (Lipinski definition) is 2. The van der Waals surface area contributed by atoms with Crippen molar-refractivity contribution < 1.29 is 24.0 Å². The van der Waals surface area contributed by atoms with E-state index in [0.717, 1.165) is 24.0 Å². The molecular formula is C21H34N2O3+2. The van der Waals surface area contributed by atoms with Gasteiger partial charge in [0, 0.05) is 11.5 Å². The first-order valence-corrected chi connectivity index (χ1v) is 9.84. The summed E-state index contributed by atoms with van der Waals surface area (Å²) < 4.78 is 16.4. The molecule has 1 aromatic carbocycles. The summed E-state index contributed by atoms with van der Waals surface area (Å²) in [6, 6.07) is 4.17. The van der Waals surface area contributed by atoms with Gasteiger partial charge in [0.1, 0.15) is 32.7 Å². The van der Waals surface area contributed by atoms with Crippen LogP contribution in [-0.2, 0) is 6.54 Å². The maximum atomic E-state index is 5.49. The second-order valence-electron chi connectivity index (χ2n) is 7.56. The van der Waals surface area contributed by atoms with Gasteiger partial charge in [0.15, 0.2) is 11.5 Å². The molecule has 0 bridgehead atoms. The molecule has 2 N–H and O–H groups in total. The first kappa shape index (κ1) is 19.1. The van der Waals surface area contributed by atoms with E-state index in [1.807, 2.05) is 0 Å². The van der Waals surface area contributed by atoms with E-state index in [9.17, 15) is 0 Å². The molecule has 1 aliphatic heterocycles. The third kappa shape index (κ3) is 4.71. The predicted octanol–water partition coefficient (Wildman–Crippen LogP) is 0.352. The van der Waals surface area contributed by atoms with Gasteiger partial charge in [-0.25, -0.2) is 0 Å². The minimum absolute atomic E-state index is 0.671. The molecule has 2 aliphatic rings. The topological polar surface area (TPSA) is 36.6 Å². The Morgan fingerprint density at radius 2 is 1.54 bits per heavy atom. The third-order valence-electron chi connectivity index (χ3n) is 5.80. The van der Waals surface area contributed by atoms with Gasteiger partial charge >= 0.3 is 0 Å². The molecule has 0 spiro atoms. The molecule has 1 aromatic rings. The zero-order valence-electron chi connectivity index (χ0n) is 16.5. The van der Waals surface area contributed by atoms with Crippen LogP contribution in [0.25, 0.3) is 0 Å². The zero-order valence-corrected chi connectivity index (χ0v) is 16.5. The number of piperazine rings is 1. The third-order valence-corrected chi connectivity index (χ3v) is 5.80. The number of quaternary nitrogens is 2. The van der Waals surface area contributed by atoms with Crippen molar-refractivity contribution in [2.45, 2.75) is 25.8 Å². The van der Waals surface area contributed by atoms with Crippen LogP contribution < -0.4 is 24.0 Å². The Labute approximate surface area is 157 Å². The highest BCUT2D eigenvalue weighted by molar-refractivity contribution is 5.53. The van der Waals surface area contributed by atoms with Gasteiger partial charge in [-0.3, -0.25) is 0 Å². The molecule has 0 unspecified atom stereocenters. The monoisotopic (exact) mass is 362 g/mol. The normalized spacial score (nSPS) is 25.7. The molecule has 1 heterocycles. The Morgan fingerprint density at radius 3 is 2.08 bits per heavy atom. The fraction of sp³-hybridized carbons (Fsp3) is 0.619. The average molecular weight is 363 g/mol. The summed E-state index contributed by atoms with van der Waals surface area (Å²) in [6.07, 6.45) is 8.65. The van der Waals surface area contributed by atoms with E-state index in [1.54, 1.807) is 31.1 Å². The number of nitrogens with one attached hydrogen (secondary N) is 2. The van der Waals surface area contributed by atoms with Gasteiger partial charge in [-0.1, -0.05) is 12.2 Å². The van der Waals surface area contributed by atoms with E-state index < -0.39 is 0 Å². The molecule has 144 valence electrons. The summed E-state index contributed by atoms with van der Waals surface area (Å²) >= 11 is 0. The molecule has 5 heteroatoms. The van der Waals surface area contributed by atoms with Crippen LogP contribution in [0.3, 0.4) is 0 Å². The smallest absolute Gasteiger partial charge is 0.203 e. The van der Waals surface area contributed by atoms with Crippen LogP contribution >= 0.6 is 0 Å². The first-order chi connectivity index (χ1) is 12.7. The fourth-order valence-electron chi connectivity index (χ4n) is 4.31. The van der Waals surface area contributed by atoms with Gasteiger partial charge < -0.3 is 24.0 Å². The second-order valence-corrected chi connectivity index (χ2v) is 7.56. The number of allylic oxidation sites excluding steroid dienone is 2. The molecule has 26 heavy (non-hydrogen) atoms. The highest BCUT2D eigenvalue weighted by Gasteiger charge is 2.26. The molecule has 0 radical (unpaired) electrons. The maximum absolute atomic E-state index is 5.49. The van der Waals surface area contributed by atoms with E-state index in [-0.39, 0.29) is 0 Å². The van der Waals surface area contributed by atoms with Crippen molar-refractivity contribution in [1.29, 1.82) is 0 Å². The van der Waals surface area contributed by atoms with Crippen LogP contribution in [0.2, 0.25) is 0 Å². The number of rotatable bonds is 7. The molecule has 0 aromatic heterocycles. The lowest BCUT2D eigenvalue weighted by molar-refractivity contribution is -1.02. The predicted molar refractivity (Wildman–Crippen MR) is 103 cm³/mol. The highest BCUT2D eigenvalue weighted by Crippen LogP contribution is 2.37. The Hall–Kier alpha value is -1.72. The summed E-state index contributed by atoms with van der Waals surface area (Å²) in [4.78, 5) is 3.44. The van der Waals surface area contributed by atoms with Crippen molar-refractivity contribution in [2.75, 3.05) is 54.1 Å². The lowest BCUT2D eigenvalue weighted by Gasteiger charge is -2.32. The van der Waals surface area contributed by atoms with Crippen molar-refractivity contribution in [1.82, 2.24) is 0 Å². The SMILES string of the molecule is COc1cc(C[NH+]2CC[NH+](C[C@H]3CC=CCC3)CC2)cc(OC)c1OC. The van der Waals surface area contributed by atoms with Crippen molar-refractivity contribution in [3.63, 3.8) is 0 Å². The van der Waals surface area contributed by atoms with Crippen molar-refractivity contribution >= 4 is 0 Å². The van der Waals surface area contributed by atoms with E-state index in [2.05, 4.69) is 24.3 Å². The van der Waals surface area contributed by atoms with Crippen LogP contribution in [0.1, 0.15) is 24.8 Å². The summed E-state index contributed by atoms with van der Waals surface area (Å²) in [6.45, 7) is 7.38. The summed E-state index contributed by atoms with van der Waals surface area (Å²) in [5, 5.41) is 0. The molecule has 1 atom stereocenters. The van der Waals surface area contributed by atoms with Crippen LogP contribution in [0.4, 0.5) is 0 Å². The summed E-state index contributed by atoms with van der Waals surface area (Å²) in [7, 11) is 5.00. The van der Waals surface area contributed by atoms with Crippen LogP contribution in [0.5, 0.6) is 17.2 Å². The van der Waals surface area contributed by atoms with Crippen LogP contribution in [0.15, 0.2) is 24.3 Å². The summed E-state index contributed by atoms with van der Waals surface area (Å²) in [5.41, 5.74) is 1.25. The number of methoxy groups -OCH3 is 3. The second kappa shape index (κ2) is 9.28. The lowest BCUT2D eigenvalue weighted by Crippen LogP contribution is -3.27. The lowest BCUT2D eigenvalue weighted by atomic mass is 9.94. The van der Waals surface area contributed by atoms with E-state index in [4.69, 9.17) is 14.2 Å². The van der Waals surface area contributed by atoms with Gasteiger partial charge in [0.2, 0.25) is 5.75 Å². The number of hydrogen-bond acceptors (Lipinski definition) is 3. The molecule has 1 aliphatic carbocycles. The minimum Gasteiger partial charge on any atom is -0.493 e. The first-order valence-electron chi connectivity index (χ1n) is 9.84. The average Bonchev–Trinajstić information content (AvgIpc) is 2.69. The minimum atomic E-state index is 0.671. The highest BCUT2D eigenvalue weighted by atomic mass is 16.5. The van der Waals surface area contributed by atoms with E-state index >= 15 is 0 Å². The van der Waals surface area contributed by atoms with Crippen LogP contribution in [0, 0.1) is 5.92 Å². The molecule has 1 saturated heterocycles. The number of ether oxygens (including phenoxy) is 3. The summed E-state index contributed by atoms with van der Waals surface area (Å²) in [5.74, 6) is 3.06. The van der Waals surface area contributed by atoms with Crippen molar-refractivity contribution in [3.8, 4) is 17.2 Å². The Bertz CT molecular complexity index is 584. The van der Waals surface area contributed by atoms with Crippen molar-refractivity contribution in [2.24, 2.45) is 5.92 Å². The van der Waals surface area contributed by atoms with Crippen LogP contribution in [-0.4, -0.2) is 54.1 Å².